The van der Waals surface area contributed by atoms with E-state index in [2.05, 4.69) is 33.9 Å². The van der Waals surface area contributed by atoms with Gasteiger partial charge in [0.2, 0.25) is 0 Å². The van der Waals surface area contributed by atoms with E-state index in [1.807, 2.05) is 30.3 Å². The van der Waals surface area contributed by atoms with Crippen LogP contribution in [0.5, 0.6) is 5.75 Å². The number of rotatable bonds is 13. The molecule has 11 nitrogen and oxygen atoms in total. The van der Waals surface area contributed by atoms with Crippen molar-refractivity contribution < 1.29 is 52.0 Å². The highest BCUT2D eigenvalue weighted by Crippen LogP contribution is 2.39. The summed E-state index contributed by atoms with van der Waals surface area (Å²) in [4.78, 5) is 48.2. The molecule has 1 heterocycles. The van der Waals surface area contributed by atoms with Crippen LogP contribution in [0, 0.1) is 0 Å². The van der Waals surface area contributed by atoms with Crippen LogP contribution in [0.2, 0.25) is 23.2 Å². The number of esters is 4. The first-order valence-electron chi connectivity index (χ1n) is 15.8. The molecule has 0 saturated carbocycles. The molecular weight excluding hydrogens is 660 g/mol. The molecule has 0 spiro atoms. The lowest BCUT2D eigenvalue weighted by Crippen LogP contribution is -2.59. The fraction of sp³-hybridized carbons (Fsp3) is 0.543. The normalized spacial score (nSPS) is 21.2. The van der Waals surface area contributed by atoms with Crippen molar-refractivity contribution in [2.24, 2.45) is 0 Å². The van der Waals surface area contributed by atoms with Gasteiger partial charge in [-0.3, -0.25) is 19.2 Å². The van der Waals surface area contributed by atoms with Crippen molar-refractivity contribution in [1.29, 1.82) is 0 Å². The Balaban J connectivity index is 1.85. The van der Waals surface area contributed by atoms with Crippen molar-refractivity contribution in [3.8, 4) is 5.75 Å². The maximum absolute atomic E-state index is 12.3. The largest absolute Gasteiger partial charge is 0.491 e. The fourth-order valence-corrected chi connectivity index (χ4v) is 6.21. The van der Waals surface area contributed by atoms with Crippen LogP contribution in [0.4, 0.5) is 0 Å². The van der Waals surface area contributed by atoms with E-state index in [4.69, 9.17) is 44.4 Å². The van der Waals surface area contributed by atoms with Crippen LogP contribution in [0.25, 0.3) is 0 Å². The molecule has 0 bridgehead atoms. The first-order valence-corrected chi connectivity index (χ1v) is 19.1. The Bertz CT molecular complexity index is 1440. The number of ether oxygens (including phenoxy) is 6. The lowest BCUT2D eigenvalue weighted by atomic mass is 9.89. The van der Waals surface area contributed by atoms with E-state index in [9.17, 15) is 19.2 Å². The summed E-state index contributed by atoms with van der Waals surface area (Å²) in [5, 5.41) is 0.618. The fourth-order valence-electron chi connectivity index (χ4n) is 5.00. The van der Waals surface area contributed by atoms with E-state index in [-0.39, 0.29) is 11.6 Å². The highest BCUT2D eigenvalue weighted by atomic mass is 35.5. The van der Waals surface area contributed by atoms with Gasteiger partial charge in [-0.25, -0.2) is 0 Å². The van der Waals surface area contributed by atoms with Crippen molar-refractivity contribution in [2.75, 3.05) is 19.8 Å². The Hall–Kier alpha value is -3.45. The number of hydrogen-bond donors (Lipinski definition) is 0. The molecule has 3 rings (SSSR count). The second-order valence-corrected chi connectivity index (χ2v) is 18.5. The Morgan fingerprint density at radius 1 is 0.792 bits per heavy atom. The molecule has 1 fully saturated rings. The van der Waals surface area contributed by atoms with Crippen LogP contribution >= 0.6 is 11.6 Å². The van der Waals surface area contributed by atoms with Gasteiger partial charge in [0.05, 0.1) is 6.61 Å². The molecule has 5 atom stereocenters. The summed E-state index contributed by atoms with van der Waals surface area (Å²) in [7, 11) is -1.85. The number of hydrogen-bond acceptors (Lipinski definition) is 11. The first kappa shape index (κ1) is 39.0. The molecule has 0 unspecified atom stereocenters. The summed E-state index contributed by atoms with van der Waals surface area (Å²) in [5.41, 5.74) is 2.26. The zero-order chi connectivity index (χ0) is 35.8. The highest BCUT2D eigenvalue weighted by Gasteiger charge is 2.52. The van der Waals surface area contributed by atoms with Gasteiger partial charge in [-0.15, -0.1) is 0 Å². The summed E-state index contributed by atoms with van der Waals surface area (Å²) in [5.74, 6) is -1.94. The summed E-state index contributed by atoms with van der Waals surface area (Å²) < 4.78 is 40.3. The molecule has 1 saturated heterocycles. The topological polar surface area (TPSA) is 133 Å². The maximum atomic E-state index is 12.3. The van der Waals surface area contributed by atoms with Crippen LogP contribution < -0.4 is 4.74 Å². The Morgan fingerprint density at radius 2 is 1.38 bits per heavy atom. The molecule has 0 amide bonds. The SMILES string of the molecule is CC(=O)OC[C@H]1O[C@@H](c2ccc(Cl)c(Cc3ccc(OCCO[Si](C)(C)C(C)(C)C)cc3)c2)[C@H](OC(C)=O)[C@@H](OC(C)=O)[C@@H]1OC(C)=O. The third-order valence-electron chi connectivity index (χ3n) is 8.33. The molecule has 0 aromatic heterocycles. The summed E-state index contributed by atoms with van der Waals surface area (Å²) in [6, 6.07) is 12.9. The minimum atomic E-state index is -1.85. The summed E-state index contributed by atoms with van der Waals surface area (Å²) in [6.45, 7) is 16.4. The van der Waals surface area contributed by atoms with Crippen LogP contribution in [0.3, 0.4) is 0 Å². The molecule has 0 N–H and O–H groups in total. The van der Waals surface area contributed by atoms with E-state index in [0.717, 1.165) is 16.9 Å². The number of benzene rings is 2. The van der Waals surface area contributed by atoms with Gasteiger partial charge in [-0.05, 0) is 59.4 Å². The molecule has 2 aromatic carbocycles. The van der Waals surface area contributed by atoms with Crippen LogP contribution in [-0.4, -0.2) is 76.4 Å². The van der Waals surface area contributed by atoms with Crippen molar-refractivity contribution in [1.82, 2.24) is 0 Å². The van der Waals surface area contributed by atoms with Gasteiger partial charge in [0.25, 0.3) is 0 Å². The standard InChI is InChI=1S/C35H47ClO11Si/c1-21(37)42-20-30-32(44-22(2)38)34(46-24(4)40)33(45-23(3)39)31(47-30)26-12-15-29(36)27(19-26)18-25-10-13-28(14-11-25)41-16-17-43-48(8,9)35(5,6)7/h10-15,19,30-34H,16-18,20H2,1-9H3/t30-,31+,32-,33+,34+/m1/s1. The zero-order valence-electron chi connectivity index (χ0n) is 29.1. The average Bonchev–Trinajstić information content (AvgIpc) is 2.97. The lowest BCUT2D eigenvalue weighted by Gasteiger charge is -2.44. The molecule has 13 heteroatoms. The minimum Gasteiger partial charge on any atom is -0.491 e. The number of carbonyl (C=O) groups is 4. The Morgan fingerprint density at radius 3 is 1.94 bits per heavy atom. The molecular formula is C35H47ClO11Si. The van der Waals surface area contributed by atoms with Gasteiger partial charge in [-0.2, -0.15) is 0 Å². The van der Waals surface area contributed by atoms with E-state index >= 15 is 0 Å². The second kappa shape index (κ2) is 16.8. The lowest BCUT2D eigenvalue weighted by molar-refractivity contribution is -0.254. The molecule has 0 aliphatic carbocycles. The van der Waals surface area contributed by atoms with Gasteiger partial charge < -0.3 is 32.8 Å². The quantitative estimate of drug-likeness (QED) is 0.103. The van der Waals surface area contributed by atoms with E-state index in [1.165, 1.54) is 27.7 Å². The molecule has 1 aliphatic heterocycles. The average molecular weight is 707 g/mol. The molecule has 2 aromatic rings. The predicted octanol–water partition coefficient (Wildman–Crippen LogP) is 6.13. The summed E-state index contributed by atoms with van der Waals surface area (Å²) in [6.07, 6.45) is -5.34. The third-order valence-corrected chi connectivity index (χ3v) is 13.2. The van der Waals surface area contributed by atoms with Crippen LogP contribution in [0.1, 0.15) is 71.3 Å². The molecule has 48 heavy (non-hydrogen) atoms. The van der Waals surface area contributed by atoms with Crippen molar-refractivity contribution in [3.05, 3.63) is 64.2 Å². The highest BCUT2D eigenvalue weighted by molar-refractivity contribution is 6.74. The van der Waals surface area contributed by atoms with Crippen LogP contribution in [-0.2, 0) is 53.7 Å². The second-order valence-electron chi connectivity index (χ2n) is 13.2. The van der Waals surface area contributed by atoms with Gasteiger partial charge in [0.15, 0.2) is 26.6 Å². The number of halogens is 1. The van der Waals surface area contributed by atoms with Crippen molar-refractivity contribution in [3.63, 3.8) is 0 Å². The molecule has 264 valence electrons. The molecule has 1 aliphatic rings. The zero-order valence-corrected chi connectivity index (χ0v) is 30.9. The van der Waals surface area contributed by atoms with Crippen molar-refractivity contribution in [2.45, 2.75) is 104 Å². The third kappa shape index (κ3) is 11.0. The van der Waals surface area contributed by atoms with Gasteiger partial charge in [0.1, 0.15) is 31.2 Å². The summed E-state index contributed by atoms with van der Waals surface area (Å²) >= 11 is 6.64. The minimum absolute atomic E-state index is 0.125. The molecule has 0 radical (unpaired) electrons. The van der Waals surface area contributed by atoms with Gasteiger partial charge in [-0.1, -0.05) is 56.6 Å². The van der Waals surface area contributed by atoms with E-state index < -0.39 is 62.7 Å². The maximum Gasteiger partial charge on any atom is 0.303 e. The van der Waals surface area contributed by atoms with Crippen molar-refractivity contribution >= 4 is 43.8 Å². The van der Waals surface area contributed by atoms with E-state index in [1.54, 1.807) is 12.1 Å². The predicted molar refractivity (Wildman–Crippen MR) is 180 cm³/mol. The Kier molecular flexibility index (Phi) is 13.6. The van der Waals surface area contributed by atoms with Gasteiger partial charge >= 0.3 is 23.9 Å². The first-order chi connectivity index (χ1) is 22.4. The van der Waals surface area contributed by atoms with Crippen LogP contribution in [0.15, 0.2) is 42.5 Å². The smallest absolute Gasteiger partial charge is 0.303 e. The van der Waals surface area contributed by atoms with E-state index in [0.29, 0.717) is 30.2 Å². The number of carbonyl (C=O) groups excluding carboxylic acids is 4. The van der Waals surface area contributed by atoms with Gasteiger partial charge in [0, 0.05) is 32.7 Å². The Labute approximate surface area is 288 Å². The monoisotopic (exact) mass is 706 g/mol.